The van der Waals surface area contributed by atoms with Crippen molar-refractivity contribution in [1.29, 1.82) is 0 Å². The summed E-state index contributed by atoms with van der Waals surface area (Å²) in [6.45, 7) is 0. The summed E-state index contributed by atoms with van der Waals surface area (Å²) in [5.41, 5.74) is 0.549. The van der Waals surface area contributed by atoms with Gasteiger partial charge in [-0.15, -0.1) is 0 Å². The molecule has 0 atom stereocenters. The molecule has 0 saturated carbocycles. The lowest BCUT2D eigenvalue weighted by Crippen LogP contribution is -2.12. The lowest BCUT2D eigenvalue weighted by Gasteiger charge is -2.06. The lowest BCUT2D eigenvalue weighted by atomic mass is 10.2. The molecule has 0 heterocycles. The Morgan fingerprint density at radius 3 is 2.43 bits per heavy atom. The molecule has 0 unspecified atom stereocenters. The number of amides is 1. The van der Waals surface area contributed by atoms with E-state index in [9.17, 15) is 19.3 Å². The topological polar surface area (TPSA) is 72.2 Å². The van der Waals surface area contributed by atoms with Crippen LogP contribution in [-0.2, 0) is 0 Å². The number of rotatable bonds is 3. The van der Waals surface area contributed by atoms with Crippen molar-refractivity contribution in [2.24, 2.45) is 0 Å². The summed E-state index contributed by atoms with van der Waals surface area (Å²) < 4.78 is 13.5. The molecule has 0 bridgehead atoms. The van der Waals surface area contributed by atoms with Crippen LogP contribution >= 0.6 is 31.9 Å². The van der Waals surface area contributed by atoms with E-state index in [1.165, 1.54) is 36.4 Å². The van der Waals surface area contributed by atoms with Crippen molar-refractivity contribution in [3.63, 3.8) is 0 Å². The van der Waals surface area contributed by atoms with Crippen LogP contribution in [0.25, 0.3) is 0 Å². The Hall–Kier alpha value is -1.80. The Morgan fingerprint density at radius 2 is 1.86 bits per heavy atom. The van der Waals surface area contributed by atoms with Gasteiger partial charge in [-0.2, -0.15) is 0 Å². The molecule has 1 amide bonds. The van der Waals surface area contributed by atoms with Gasteiger partial charge in [0.2, 0.25) is 0 Å². The summed E-state index contributed by atoms with van der Waals surface area (Å²) in [5, 5.41) is 13.3. The fourth-order valence-electron chi connectivity index (χ4n) is 1.57. The van der Waals surface area contributed by atoms with Crippen LogP contribution in [0, 0.1) is 15.9 Å². The highest BCUT2D eigenvalue weighted by atomic mass is 79.9. The average molecular weight is 418 g/mol. The zero-order chi connectivity index (χ0) is 15.6. The molecule has 0 radical (unpaired) electrons. The molecule has 2 aromatic rings. The van der Waals surface area contributed by atoms with E-state index in [4.69, 9.17) is 0 Å². The van der Waals surface area contributed by atoms with Crippen molar-refractivity contribution >= 4 is 49.1 Å². The third-order valence-electron chi connectivity index (χ3n) is 2.58. The minimum Gasteiger partial charge on any atom is -0.322 e. The number of nitro benzene ring substituents is 1. The number of hydrogen-bond donors (Lipinski definition) is 1. The second kappa shape index (κ2) is 6.31. The minimum absolute atomic E-state index is 0.0995. The van der Waals surface area contributed by atoms with Crippen molar-refractivity contribution in [2.45, 2.75) is 0 Å². The molecule has 2 rings (SSSR count). The van der Waals surface area contributed by atoms with Gasteiger partial charge in [0.25, 0.3) is 11.6 Å². The zero-order valence-corrected chi connectivity index (χ0v) is 13.4. The van der Waals surface area contributed by atoms with Crippen LogP contribution in [0.15, 0.2) is 45.3 Å². The quantitative estimate of drug-likeness (QED) is 0.589. The molecular weight excluding hydrogens is 411 g/mol. The van der Waals surface area contributed by atoms with E-state index >= 15 is 0 Å². The smallest absolute Gasteiger partial charge is 0.283 e. The van der Waals surface area contributed by atoms with E-state index in [2.05, 4.69) is 37.2 Å². The molecule has 5 nitrogen and oxygen atoms in total. The number of nitro groups is 1. The number of hydrogen-bond acceptors (Lipinski definition) is 3. The van der Waals surface area contributed by atoms with Gasteiger partial charge in [0, 0.05) is 17.3 Å². The van der Waals surface area contributed by atoms with E-state index in [-0.39, 0.29) is 20.2 Å². The number of benzene rings is 2. The number of carbonyl (C=O) groups is 1. The first-order valence-corrected chi connectivity index (χ1v) is 7.17. The van der Waals surface area contributed by atoms with Crippen LogP contribution < -0.4 is 5.32 Å². The third-order valence-corrected chi connectivity index (χ3v) is 3.83. The van der Waals surface area contributed by atoms with Gasteiger partial charge in [-0.05, 0) is 62.2 Å². The number of nitrogens with zero attached hydrogens (tertiary/aromatic N) is 1. The monoisotopic (exact) mass is 416 g/mol. The van der Waals surface area contributed by atoms with Crippen molar-refractivity contribution in [3.8, 4) is 0 Å². The Kier molecular flexibility index (Phi) is 4.69. The Bertz CT molecular complexity index is 737. The largest absolute Gasteiger partial charge is 0.322 e. The molecule has 0 spiro atoms. The molecule has 0 saturated heterocycles. The first-order chi connectivity index (χ1) is 9.88. The van der Waals surface area contributed by atoms with Crippen LogP contribution in [0.4, 0.5) is 15.8 Å². The maximum atomic E-state index is 13.1. The molecule has 21 heavy (non-hydrogen) atoms. The second-order valence-electron chi connectivity index (χ2n) is 4.01. The zero-order valence-electron chi connectivity index (χ0n) is 10.3. The SMILES string of the molecule is O=C(Nc1ccc([N+](=O)[O-])c(Br)c1)c1ccc(F)c(Br)c1. The molecule has 8 heteroatoms. The Morgan fingerprint density at radius 1 is 1.14 bits per heavy atom. The fourth-order valence-corrected chi connectivity index (χ4v) is 2.48. The summed E-state index contributed by atoms with van der Waals surface area (Å²) in [7, 11) is 0. The number of anilines is 1. The second-order valence-corrected chi connectivity index (χ2v) is 5.71. The summed E-state index contributed by atoms with van der Waals surface area (Å²) in [6.07, 6.45) is 0. The van der Waals surface area contributed by atoms with Gasteiger partial charge in [0.05, 0.1) is 13.9 Å². The predicted molar refractivity (Wildman–Crippen MR) is 82.8 cm³/mol. The van der Waals surface area contributed by atoms with Crippen molar-refractivity contribution in [1.82, 2.24) is 0 Å². The van der Waals surface area contributed by atoms with Crippen molar-refractivity contribution in [3.05, 3.63) is 66.8 Å². The van der Waals surface area contributed by atoms with Crippen LogP contribution in [0.1, 0.15) is 10.4 Å². The van der Waals surface area contributed by atoms with Crippen LogP contribution in [0.3, 0.4) is 0 Å². The Balaban J connectivity index is 2.21. The lowest BCUT2D eigenvalue weighted by molar-refractivity contribution is -0.385. The van der Waals surface area contributed by atoms with Crippen LogP contribution in [0.5, 0.6) is 0 Å². The molecule has 0 aliphatic rings. The highest BCUT2D eigenvalue weighted by Gasteiger charge is 2.14. The van der Waals surface area contributed by atoms with Crippen LogP contribution in [-0.4, -0.2) is 10.8 Å². The minimum atomic E-state index is -0.535. The van der Waals surface area contributed by atoms with Crippen molar-refractivity contribution in [2.75, 3.05) is 5.32 Å². The summed E-state index contributed by atoms with van der Waals surface area (Å²) in [4.78, 5) is 22.2. The highest BCUT2D eigenvalue weighted by Crippen LogP contribution is 2.28. The van der Waals surface area contributed by atoms with E-state index in [0.717, 1.165) is 0 Å². The molecule has 0 fully saturated rings. The van der Waals surface area contributed by atoms with Gasteiger partial charge in [0.15, 0.2) is 0 Å². The molecule has 2 aromatic carbocycles. The number of carbonyl (C=O) groups excluding carboxylic acids is 1. The molecule has 0 aliphatic heterocycles. The summed E-state index contributed by atoms with van der Waals surface area (Å²) in [5.74, 6) is -0.916. The van der Waals surface area contributed by atoms with Crippen molar-refractivity contribution < 1.29 is 14.1 Å². The first-order valence-electron chi connectivity index (χ1n) is 5.59. The van der Waals surface area contributed by atoms with E-state index in [1.807, 2.05) is 0 Å². The van der Waals surface area contributed by atoms with E-state index in [0.29, 0.717) is 5.69 Å². The normalized spacial score (nSPS) is 10.2. The molecule has 1 N–H and O–H groups in total. The summed E-state index contributed by atoms with van der Waals surface area (Å²) >= 11 is 6.06. The third kappa shape index (κ3) is 3.64. The molecule has 0 aromatic heterocycles. The molecule has 0 aliphatic carbocycles. The average Bonchev–Trinajstić information content (AvgIpc) is 2.41. The van der Waals surface area contributed by atoms with Gasteiger partial charge in [-0.25, -0.2) is 4.39 Å². The Labute approximate surface area is 135 Å². The fraction of sp³-hybridized carbons (Fsp3) is 0. The first kappa shape index (κ1) is 15.6. The highest BCUT2D eigenvalue weighted by molar-refractivity contribution is 9.10. The van der Waals surface area contributed by atoms with Gasteiger partial charge >= 0.3 is 0 Å². The molecular formula is C13H7Br2FN2O3. The van der Waals surface area contributed by atoms with Gasteiger partial charge in [0.1, 0.15) is 5.82 Å². The summed E-state index contributed by atoms with van der Waals surface area (Å²) in [6, 6.07) is 7.99. The van der Waals surface area contributed by atoms with E-state index < -0.39 is 16.6 Å². The predicted octanol–water partition coefficient (Wildman–Crippen LogP) is 4.51. The molecule has 108 valence electrons. The van der Waals surface area contributed by atoms with Gasteiger partial charge < -0.3 is 5.32 Å². The van der Waals surface area contributed by atoms with Gasteiger partial charge in [-0.3, -0.25) is 14.9 Å². The maximum absolute atomic E-state index is 13.1. The number of halogens is 3. The maximum Gasteiger partial charge on any atom is 0.283 e. The standard InChI is InChI=1S/C13H7Br2FN2O3/c14-9-5-7(1-3-11(9)16)13(19)17-8-2-4-12(18(20)21)10(15)6-8/h1-6H,(H,17,19). The number of nitrogens with one attached hydrogen (secondary N) is 1. The van der Waals surface area contributed by atoms with E-state index in [1.54, 1.807) is 0 Å². The van der Waals surface area contributed by atoms with Gasteiger partial charge in [-0.1, -0.05) is 0 Å². The van der Waals surface area contributed by atoms with Crippen LogP contribution in [0.2, 0.25) is 0 Å².